The molecule has 0 aliphatic heterocycles. The minimum Gasteiger partial charge on any atom is -0.292 e. The largest absolute Gasteiger partial charge is 0.292 e. The molecule has 0 amide bonds. The molecule has 0 aliphatic carbocycles. The van der Waals surface area contributed by atoms with Crippen molar-refractivity contribution in [3.8, 4) is 6.07 Å². The molecular formula is C17H24N2O. The summed E-state index contributed by atoms with van der Waals surface area (Å²) in [4.78, 5) is 14.8. The van der Waals surface area contributed by atoms with Crippen LogP contribution in [0.3, 0.4) is 0 Å². The van der Waals surface area contributed by atoms with Crippen LogP contribution in [-0.2, 0) is 0 Å². The molecule has 3 heteroatoms. The van der Waals surface area contributed by atoms with Crippen molar-refractivity contribution in [3.05, 3.63) is 34.9 Å². The Labute approximate surface area is 122 Å². The van der Waals surface area contributed by atoms with Crippen molar-refractivity contribution < 1.29 is 4.79 Å². The molecule has 108 valence electrons. The van der Waals surface area contributed by atoms with E-state index < -0.39 is 0 Å². The molecular weight excluding hydrogens is 248 g/mol. The van der Waals surface area contributed by atoms with Gasteiger partial charge in [-0.3, -0.25) is 9.69 Å². The summed E-state index contributed by atoms with van der Waals surface area (Å²) in [5, 5.41) is 8.75. The highest BCUT2D eigenvalue weighted by atomic mass is 16.1. The molecule has 0 fully saturated rings. The summed E-state index contributed by atoms with van der Waals surface area (Å²) in [5.74, 6) is 0.137. The van der Waals surface area contributed by atoms with E-state index in [1.165, 1.54) is 0 Å². The molecule has 0 aliphatic rings. The van der Waals surface area contributed by atoms with Gasteiger partial charge in [0.2, 0.25) is 0 Å². The van der Waals surface area contributed by atoms with Crippen LogP contribution < -0.4 is 0 Å². The molecule has 0 saturated heterocycles. The maximum atomic E-state index is 12.7. The predicted octanol–water partition coefficient (Wildman–Crippen LogP) is 3.50. The Bertz CT molecular complexity index is 514. The van der Waals surface area contributed by atoms with Gasteiger partial charge >= 0.3 is 0 Å². The van der Waals surface area contributed by atoms with E-state index in [2.05, 4.69) is 24.8 Å². The lowest BCUT2D eigenvalue weighted by Crippen LogP contribution is -2.44. The smallest absolute Gasteiger partial charge is 0.179 e. The van der Waals surface area contributed by atoms with Crippen molar-refractivity contribution in [2.75, 3.05) is 6.54 Å². The number of carbonyl (C=O) groups excluding carboxylic acids is 1. The fourth-order valence-electron chi connectivity index (χ4n) is 2.46. The van der Waals surface area contributed by atoms with E-state index >= 15 is 0 Å². The molecule has 1 rings (SSSR count). The minimum absolute atomic E-state index is 0.137. The van der Waals surface area contributed by atoms with E-state index in [1.807, 2.05) is 39.0 Å². The van der Waals surface area contributed by atoms with Gasteiger partial charge in [-0.2, -0.15) is 5.26 Å². The molecule has 0 N–H and O–H groups in total. The maximum absolute atomic E-state index is 12.7. The topological polar surface area (TPSA) is 44.1 Å². The molecule has 0 spiro atoms. The van der Waals surface area contributed by atoms with Gasteiger partial charge in [0.05, 0.1) is 12.1 Å². The Morgan fingerprint density at radius 3 is 2.50 bits per heavy atom. The zero-order valence-corrected chi connectivity index (χ0v) is 13.1. The number of Topliss-reactive ketones (excluding diaryl/α,β-unsaturated/α-hetero) is 1. The monoisotopic (exact) mass is 272 g/mol. The summed E-state index contributed by atoms with van der Waals surface area (Å²) in [6.45, 7) is 10.6. The van der Waals surface area contributed by atoms with E-state index in [-0.39, 0.29) is 17.9 Å². The van der Waals surface area contributed by atoms with Gasteiger partial charge in [-0.05, 0) is 46.2 Å². The van der Waals surface area contributed by atoms with Gasteiger partial charge in [0, 0.05) is 24.6 Å². The number of nitriles is 1. The summed E-state index contributed by atoms with van der Waals surface area (Å²) in [7, 11) is 0. The minimum atomic E-state index is -0.205. The normalized spacial score (nSPS) is 12.5. The van der Waals surface area contributed by atoms with Crippen LogP contribution in [0.5, 0.6) is 0 Å². The number of carbonyl (C=O) groups is 1. The number of rotatable bonds is 6. The van der Waals surface area contributed by atoms with Crippen LogP contribution in [0.1, 0.15) is 48.7 Å². The van der Waals surface area contributed by atoms with Gasteiger partial charge < -0.3 is 0 Å². The first-order valence-corrected chi connectivity index (χ1v) is 7.12. The third kappa shape index (κ3) is 3.91. The number of hydrogen-bond donors (Lipinski definition) is 0. The molecule has 3 nitrogen and oxygen atoms in total. The Hall–Kier alpha value is -1.66. The van der Waals surface area contributed by atoms with Gasteiger partial charge in [-0.1, -0.05) is 17.7 Å². The van der Waals surface area contributed by atoms with E-state index in [0.29, 0.717) is 13.0 Å². The van der Waals surface area contributed by atoms with Crippen molar-refractivity contribution in [2.45, 2.75) is 53.1 Å². The molecule has 20 heavy (non-hydrogen) atoms. The number of benzene rings is 1. The quantitative estimate of drug-likeness (QED) is 0.744. The van der Waals surface area contributed by atoms with Crippen LogP contribution in [0.2, 0.25) is 0 Å². The lowest BCUT2D eigenvalue weighted by molar-refractivity contribution is 0.0792. The number of ketones is 1. The molecule has 1 atom stereocenters. The molecule has 0 saturated carbocycles. The standard InChI is InChI=1S/C17H24N2O/c1-12(2)19(10-6-9-18)15(5)17(20)16-11-13(3)7-8-14(16)4/h7-8,11-12,15H,6,10H2,1-5H3. The summed E-state index contributed by atoms with van der Waals surface area (Å²) < 4.78 is 0. The van der Waals surface area contributed by atoms with E-state index in [9.17, 15) is 4.79 Å². The fourth-order valence-corrected chi connectivity index (χ4v) is 2.46. The molecule has 1 aromatic carbocycles. The number of aryl methyl sites for hydroxylation is 2. The first-order valence-electron chi connectivity index (χ1n) is 7.12. The maximum Gasteiger partial charge on any atom is 0.179 e. The second-order valence-electron chi connectivity index (χ2n) is 5.60. The zero-order chi connectivity index (χ0) is 15.3. The van der Waals surface area contributed by atoms with Crippen LogP contribution >= 0.6 is 0 Å². The molecule has 0 radical (unpaired) electrons. The first-order chi connectivity index (χ1) is 9.38. The van der Waals surface area contributed by atoms with Crippen LogP contribution in [-0.4, -0.2) is 29.3 Å². The Morgan fingerprint density at radius 2 is 1.95 bits per heavy atom. The van der Waals surface area contributed by atoms with Gasteiger partial charge in [-0.25, -0.2) is 0 Å². The van der Waals surface area contributed by atoms with Crippen LogP contribution in [0.15, 0.2) is 18.2 Å². The average molecular weight is 272 g/mol. The first kappa shape index (κ1) is 16.4. The van der Waals surface area contributed by atoms with Gasteiger partial charge in [0.15, 0.2) is 5.78 Å². The highest BCUT2D eigenvalue weighted by Gasteiger charge is 2.25. The predicted molar refractivity (Wildman–Crippen MR) is 81.8 cm³/mol. The van der Waals surface area contributed by atoms with Gasteiger partial charge in [0.25, 0.3) is 0 Å². The van der Waals surface area contributed by atoms with Crippen molar-refractivity contribution >= 4 is 5.78 Å². The summed E-state index contributed by atoms with van der Waals surface area (Å²) in [5.41, 5.74) is 2.90. The van der Waals surface area contributed by atoms with Gasteiger partial charge in [0.1, 0.15) is 0 Å². The summed E-state index contributed by atoms with van der Waals surface area (Å²) in [6.07, 6.45) is 0.447. The van der Waals surface area contributed by atoms with E-state index in [4.69, 9.17) is 5.26 Å². The SMILES string of the molecule is Cc1ccc(C)c(C(=O)C(C)N(CCC#N)C(C)C)c1. The number of nitrogens with zero attached hydrogens (tertiary/aromatic N) is 2. The molecule has 0 heterocycles. The lowest BCUT2D eigenvalue weighted by atomic mass is 9.97. The molecule has 1 unspecified atom stereocenters. The molecule has 0 bridgehead atoms. The van der Waals surface area contributed by atoms with E-state index in [1.54, 1.807) is 0 Å². The summed E-state index contributed by atoms with van der Waals surface area (Å²) in [6, 6.07) is 8.16. The van der Waals surface area contributed by atoms with Crippen LogP contribution in [0, 0.1) is 25.2 Å². The van der Waals surface area contributed by atoms with Crippen molar-refractivity contribution in [2.24, 2.45) is 0 Å². The zero-order valence-electron chi connectivity index (χ0n) is 13.1. The highest BCUT2D eigenvalue weighted by Crippen LogP contribution is 2.17. The van der Waals surface area contributed by atoms with Crippen molar-refractivity contribution in [1.82, 2.24) is 4.90 Å². The third-order valence-corrected chi connectivity index (χ3v) is 3.68. The third-order valence-electron chi connectivity index (χ3n) is 3.68. The van der Waals surface area contributed by atoms with E-state index in [0.717, 1.165) is 16.7 Å². The lowest BCUT2D eigenvalue weighted by Gasteiger charge is -2.31. The second kappa shape index (κ2) is 7.21. The Kier molecular flexibility index (Phi) is 5.91. The van der Waals surface area contributed by atoms with Gasteiger partial charge in [-0.15, -0.1) is 0 Å². The average Bonchev–Trinajstić information content (AvgIpc) is 2.40. The van der Waals surface area contributed by atoms with Crippen LogP contribution in [0.25, 0.3) is 0 Å². The number of hydrogen-bond acceptors (Lipinski definition) is 3. The Balaban J connectivity index is 2.99. The fraction of sp³-hybridized carbons (Fsp3) is 0.529. The second-order valence-corrected chi connectivity index (χ2v) is 5.60. The van der Waals surface area contributed by atoms with Crippen LogP contribution in [0.4, 0.5) is 0 Å². The van der Waals surface area contributed by atoms with Crippen molar-refractivity contribution in [3.63, 3.8) is 0 Å². The highest BCUT2D eigenvalue weighted by molar-refractivity contribution is 6.01. The summed E-state index contributed by atoms with van der Waals surface area (Å²) >= 11 is 0. The molecule has 0 aromatic heterocycles. The van der Waals surface area contributed by atoms with Crippen molar-refractivity contribution in [1.29, 1.82) is 5.26 Å². The Morgan fingerprint density at radius 1 is 1.30 bits per heavy atom. The molecule has 1 aromatic rings.